The number of nitrogens with one attached hydrogen (secondary N) is 1. The van der Waals surface area contributed by atoms with Gasteiger partial charge in [-0.2, -0.15) is 5.10 Å². The molecule has 0 aliphatic rings. The third-order valence-electron chi connectivity index (χ3n) is 2.95. The Labute approximate surface area is 147 Å². The van der Waals surface area contributed by atoms with Crippen molar-refractivity contribution >= 4 is 35.6 Å². The van der Waals surface area contributed by atoms with E-state index in [1.54, 1.807) is 7.11 Å². The van der Waals surface area contributed by atoms with Crippen molar-refractivity contribution in [3.63, 3.8) is 0 Å². The first-order valence-electron chi connectivity index (χ1n) is 6.87. The fourth-order valence-corrected chi connectivity index (χ4v) is 1.88. The molecule has 0 fully saturated rings. The second kappa shape index (κ2) is 9.29. The minimum atomic E-state index is 0. The van der Waals surface area contributed by atoms with E-state index in [0.717, 1.165) is 24.4 Å². The van der Waals surface area contributed by atoms with Gasteiger partial charge in [-0.1, -0.05) is 0 Å². The van der Waals surface area contributed by atoms with Gasteiger partial charge in [0, 0.05) is 25.0 Å². The van der Waals surface area contributed by atoms with E-state index in [0.29, 0.717) is 12.5 Å². The summed E-state index contributed by atoms with van der Waals surface area (Å²) in [5.41, 5.74) is 7.90. The SMILES string of the molecule is COc1ccc(NC(N)=NCCCn2cc(C)cn2)cc1.I. The van der Waals surface area contributed by atoms with Gasteiger partial charge in [0.2, 0.25) is 0 Å². The number of nitrogens with zero attached hydrogens (tertiary/aromatic N) is 3. The predicted octanol–water partition coefficient (Wildman–Crippen LogP) is 2.64. The highest BCUT2D eigenvalue weighted by Crippen LogP contribution is 2.14. The lowest BCUT2D eigenvalue weighted by Crippen LogP contribution is -2.22. The van der Waals surface area contributed by atoms with Gasteiger partial charge in [0.25, 0.3) is 0 Å². The predicted molar refractivity (Wildman–Crippen MR) is 100 cm³/mol. The van der Waals surface area contributed by atoms with E-state index >= 15 is 0 Å². The van der Waals surface area contributed by atoms with Gasteiger partial charge in [-0.15, -0.1) is 24.0 Å². The average Bonchev–Trinajstić information content (AvgIpc) is 2.90. The van der Waals surface area contributed by atoms with Crippen LogP contribution in [0, 0.1) is 6.92 Å². The van der Waals surface area contributed by atoms with Crippen LogP contribution in [0.5, 0.6) is 5.75 Å². The number of aryl methyl sites for hydroxylation is 2. The summed E-state index contributed by atoms with van der Waals surface area (Å²) < 4.78 is 7.01. The Morgan fingerprint density at radius 2 is 2.09 bits per heavy atom. The van der Waals surface area contributed by atoms with E-state index in [4.69, 9.17) is 10.5 Å². The largest absolute Gasteiger partial charge is 0.497 e. The summed E-state index contributed by atoms with van der Waals surface area (Å²) in [5.74, 6) is 1.22. The number of ether oxygens (including phenoxy) is 1. The third kappa shape index (κ3) is 5.92. The van der Waals surface area contributed by atoms with Gasteiger partial charge in [-0.05, 0) is 43.2 Å². The summed E-state index contributed by atoms with van der Waals surface area (Å²) in [6.45, 7) is 3.53. The lowest BCUT2D eigenvalue weighted by molar-refractivity contribution is 0.415. The van der Waals surface area contributed by atoms with Crippen LogP contribution in [-0.2, 0) is 6.54 Å². The molecule has 0 bridgehead atoms. The average molecular weight is 415 g/mol. The molecule has 22 heavy (non-hydrogen) atoms. The van der Waals surface area contributed by atoms with Crippen molar-refractivity contribution in [1.29, 1.82) is 0 Å². The standard InChI is InChI=1S/C15H21N5O.HI/c1-12-10-18-20(11-12)9-3-8-17-15(16)19-13-4-6-14(21-2)7-5-13;/h4-7,10-11H,3,8-9H2,1-2H3,(H3,16,17,19);1H. The van der Waals surface area contributed by atoms with Crippen molar-refractivity contribution in [2.75, 3.05) is 19.0 Å². The van der Waals surface area contributed by atoms with Gasteiger partial charge in [-0.3, -0.25) is 9.67 Å². The number of anilines is 1. The number of nitrogens with two attached hydrogens (primary N) is 1. The molecule has 0 spiro atoms. The first kappa shape index (κ1) is 18.3. The van der Waals surface area contributed by atoms with Crippen LogP contribution in [0.3, 0.4) is 0 Å². The Hall–Kier alpha value is -1.77. The molecular weight excluding hydrogens is 393 g/mol. The number of guanidine groups is 1. The van der Waals surface area contributed by atoms with Crippen LogP contribution < -0.4 is 15.8 Å². The molecule has 1 aromatic carbocycles. The molecule has 0 aliphatic carbocycles. The van der Waals surface area contributed by atoms with Crippen LogP contribution in [-0.4, -0.2) is 29.4 Å². The Morgan fingerprint density at radius 3 is 2.68 bits per heavy atom. The molecule has 120 valence electrons. The third-order valence-corrected chi connectivity index (χ3v) is 2.95. The van der Waals surface area contributed by atoms with Gasteiger partial charge in [0.15, 0.2) is 5.96 Å². The second-order valence-corrected chi connectivity index (χ2v) is 4.75. The zero-order valence-corrected chi connectivity index (χ0v) is 15.2. The maximum atomic E-state index is 5.85. The Balaban J connectivity index is 0.00000242. The molecule has 0 saturated carbocycles. The number of aromatic nitrogens is 2. The minimum Gasteiger partial charge on any atom is -0.497 e. The van der Waals surface area contributed by atoms with Crippen molar-refractivity contribution in [2.24, 2.45) is 10.7 Å². The van der Waals surface area contributed by atoms with Crippen molar-refractivity contribution in [1.82, 2.24) is 9.78 Å². The van der Waals surface area contributed by atoms with Crippen LogP contribution in [0.25, 0.3) is 0 Å². The highest BCUT2D eigenvalue weighted by molar-refractivity contribution is 14.0. The first-order valence-corrected chi connectivity index (χ1v) is 6.87. The van der Waals surface area contributed by atoms with Gasteiger partial charge in [0.1, 0.15) is 5.75 Å². The van der Waals surface area contributed by atoms with Crippen molar-refractivity contribution in [3.05, 3.63) is 42.2 Å². The van der Waals surface area contributed by atoms with Crippen LogP contribution in [0.2, 0.25) is 0 Å². The molecule has 0 radical (unpaired) electrons. The summed E-state index contributed by atoms with van der Waals surface area (Å²) in [5, 5.41) is 7.27. The summed E-state index contributed by atoms with van der Waals surface area (Å²) in [6.07, 6.45) is 4.76. The molecule has 0 saturated heterocycles. The molecule has 3 N–H and O–H groups in total. The molecule has 7 heteroatoms. The van der Waals surface area contributed by atoms with Crippen molar-refractivity contribution in [3.8, 4) is 5.75 Å². The Morgan fingerprint density at radius 1 is 1.36 bits per heavy atom. The quantitative estimate of drug-likeness (QED) is 0.329. The molecule has 1 aromatic heterocycles. The molecular formula is C15H22IN5O. The van der Waals surface area contributed by atoms with Crippen molar-refractivity contribution in [2.45, 2.75) is 19.9 Å². The van der Waals surface area contributed by atoms with E-state index in [1.807, 2.05) is 48.3 Å². The lowest BCUT2D eigenvalue weighted by atomic mass is 10.3. The number of benzene rings is 1. The maximum Gasteiger partial charge on any atom is 0.193 e. The van der Waals surface area contributed by atoms with Crippen LogP contribution in [0.1, 0.15) is 12.0 Å². The van der Waals surface area contributed by atoms with Gasteiger partial charge in [-0.25, -0.2) is 0 Å². The summed E-state index contributed by atoms with van der Waals surface area (Å²) in [4.78, 5) is 4.29. The molecule has 0 atom stereocenters. The smallest absolute Gasteiger partial charge is 0.193 e. The van der Waals surface area contributed by atoms with Gasteiger partial charge < -0.3 is 15.8 Å². The molecule has 0 unspecified atom stereocenters. The normalized spacial score (nSPS) is 10.9. The number of halogens is 1. The molecule has 1 heterocycles. The zero-order valence-electron chi connectivity index (χ0n) is 12.8. The molecule has 0 aliphatic heterocycles. The minimum absolute atomic E-state index is 0. The number of hydrogen-bond acceptors (Lipinski definition) is 3. The Kier molecular flexibility index (Phi) is 7.72. The highest BCUT2D eigenvalue weighted by atomic mass is 127. The van der Waals surface area contributed by atoms with E-state index in [2.05, 4.69) is 15.4 Å². The molecule has 2 aromatic rings. The number of rotatable bonds is 6. The van der Waals surface area contributed by atoms with Crippen LogP contribution >= 0.6 is 24.0 Å². The number of methoxy groups -OCH3 is 1. The van der Waals surface area contributed by atoms with E-state index in [-0.39, 0.29) is 24.0 Å². The Bertz CT molecular complexity index is 594. The fourth-order valence-electron chi connectivity index (χ4n) is 1.88. The van der Waals surface area contributed by atoms with E-state index in [1.165, 1.54) is 5.56 Å². The number of hydrogen-bond donors (Lipinski definition) is 2. The van der Waals surface area contributed by atoms with Crippen molar-refractivity contribution < 1.29 is 4.74 Å². The highest BCUT2D eigenvalue weighted by Gasteiger charge is 1.97. The number of aliphatic imine (C=N–C) groups is 1. The summed E-state index contributed by atoms with van der Waals surface area (Å²) >= 11 is 0. The lowest BCUT2D eigenvalue weighted by Gasteiger charge is -2.06. The van der Waals surface area contributed by atoms with Gasteiger partial charge in [0.05, 0.1) is 13.3 Å². The fraction of sp³-hybridized carbons (Fsp3) is 0.333. The maximum absolute atomic E-state index is 5.85. The van der Waals surface area contributed by atoms with Crippen LogP contribution in [0.15, 0.2) is 41.7 Å². The zero-order chi connectivity index (χ0) is 15.1. The second-order valence-electron chi connectivity index (χ2n) is 4.75. The molecule has 0 amide bonds. The van der Waals surface area contributed by atoms with Crippen LogP contribution in [0.4, 0.5) is 5.69 Å². The molecule has 6 nitrogen and oxygen atoms in total. The summed E-state index contributed by atoms with van der Waals surface area (Å²) in [7, 11) is 1.64. The summed E-state index contributed by atoms with van der Waals surface area (Å²) in [6, 6.07) is 7.53. The van der Waals surface area contributed by atoms with E-state index < -0.39 is 0 Å². The topological polar surface area (TPSA) is 77.5 Å². The van der Waals surface area contributed by atoms with Gasteiger partial charge >= 0.3 is 0 Å². The first-order chi connectivity index (χ1) is 10.2. The molecule has 2 rings (SSSR count). The monoisotopic (exact) mass is 415 g/mol. The van der Waals surface area contributed by atoms with E-state index in [9.17, 15) is 0 Å².